The number of nitrogens with zero attached hydrogens (tertiary/aromatic N) is 1. The molecule has 4 nitrogen and oxygen atoms in total. The van der Waals surface area contributed by atoms with E-state index in [2.05, 4.69) is 19.2 Å². The van der Waals surface area contributed by atoms with E-state index in [0.717, 1.165) is 26.1 Å². The largest absolute Gasteiger partial charge is 0.444 e. The number of amides is 1. The van der Waals surface area contributed by atoms with Crippen LogP contribution in [0.1, 0.15) is 79.6 Å². The average Bonchev–Trinajstić information content (AvgIpc) is 2.48. The van der Waals surface area contributed by atoms with E-state index in [1.165, 1.54) is 38.5 Å². The van der Waals surface area contributed by atoms with Gasteiger partial charge in [0.15, 0.2) is 0 Å². The summed E-state index contributed by atoms with van der Waals surface area (Å²) in [6.45, 7) is 13.0. The first-order valence-electron chi connectivity index (χ1n) is 9.57. The quantitative estimate of drug-likeness (QED) is 0.710. The molecular weight excluding hydrogens is 288 g/mol. The molecule has 0 aromatic carbocycles. The molecule has 136 valence electrons. The van der Waals surface area contributed by atoms with Crippen molar-refractivity contribution in [3.05, 3.63) is 0 Å². The summed E-state index contributed by atoms with van der Waals surface area (Å²) < 4.78 is 5.51. The van der Waals surface area contributed by atoms with Gasteiger partial charge in [-0.1, -0.05) is 33.1 Å². The highest BCUT2D eigenvalue weighted by atomic mass is 16.6. The van der Waals surface area contributed by atoms with Crippen LogP contribution in [0.3, 0.4) is 0 Å². The zero-order valence-electron chi connectivity index (χ0n) is 16.0. The molecule has 1 aliphatic rings. The van der Waals surface area contributed by atoms with E-state index in [1.54, 1.807) is 0 Å². The van der Waals surface area contributed by atoms with Gasteiger partial charge < -0.3 is 15.0 Å². The maximum atomic E-state index is 12.2. The summed E-state index contributed by atoms with van der Waals surface area (Å²) in [5.74, 6) is 0.553. The van der Waals surface area contributed by atoms with Crippen LogP contribution in [0.15, 0.2) is 0 Å². The highest BCUT2D eigenvalue weighted by molar-refractivity contribution is 5.68. The fraction of sp³-hybridized carbons (Fsp3) is 0.947. The van der Waals surface area contributed by atoms with E-state index < -0.39 is 5.60 Å². The van der Waals surface area contributed by atoms with E-state index in [4.69, 9.17) is 4.74 Å². The van der Waals surface area contributed by atoms with Crippen LogP contribution in [0.2, 0.25) is 0 Å². The summed E-state index contributed by atoms with van der Waals surface area (Å²) in [5.41, 5.74) is -0.408. The predicted molar refractivity (Wildman–Crippen MR) is 96.8 cm³/mol. The molecule has 4 heteroatoms. The molecule has 0 aromatic rings. The van der Waals surface area contributed by atoms with E-state index in [0.29, 0.717) is 12.0 Å². The SMILES string of the molecule is CCCCC(CCC)NCC1CCCN(C(=O)OC(C)(C)C)C1. The Labute approximate surface area is 143 Å². The summed E-state index contributed by atoms with van der Waals surface area (Å²) in [4.78, 5) is 14.1. The molecular formula is C19H38N2O2. The van der Waals surface area contributed by atoms with E-state index in [9.17, 15) is 4.79 Å². The average molecular weight is 327 g/mol. The topological polar surface area (TPSA) is 41.6 Å². The molecule has 0 bridgehead atoms. The monoisotopic (exact) mass is 326 g/mol. The van der Waals surface area contributed by atoms with Gasteiger partial charge in [0.1, 0.15) is 5.60 Å². The number of unbranched alkanes of at least 4 members (excludes halogenated alkanes) is 1. The molecule has 1 rings (SSSR count). The minimum absolute atomic E-state index is 0.154. The van der Waals surface area contributed by atoms with Crippen molar-refractivity contribution >= 4 is 6.09 Å². The van der Waals surface area contributed by atoms with Gasteiger partial charge in [0.2, 0.25) is 0 Å². The Morgan fingerprint density at radius 2 is 2.00 bits per heavy atom. The fourth-order valence-electron chi connectivity index (χ4n) is 3.20. The number of hydrogen-bond acceptors (Lipinski definition) is 3. The van der Waals surface area contributed by atoms with Crippen molar-refractivity contribution in [1.29, 1.82) is 0 Å². The Balaban J connectivity index is 2.40. The summed E-state index contributed by atoms with van der Waals surface area (Å²) in [7, 11) is 0. The lowest BCUT2D eigenvalue weighted by Crippen LogP contribution is -2.46. The maximum Gasteiger partial charge on any atom is 0.410 e. The van der Waals surface area contributed by atoms with Crippen LogP contribution in [0.25, 0.3) is 0 Å². The first-order chi connectivity index (χ1) is 10.9. The molecule has 1 fully saturated rings. The fourth-order valence-corrected chi connectivity index (χ4v) is 3.20. The Morgan fingerprint density at radius 3 is 2.61 bits per heavy atom. The van der Waals surface area contributed by atoms with Crippen LogP contribution in [-0.4, -0.2) is 42.3 Å². The highest BCUT2D eigenvalue weighted by Crippen LogP contribution is 2.19. The van der Waals surface area contributed by atoms with E-state index in [-0.39, 0.29) is 6.09 Å². The lowest BCUT2D eigenvalue weighted by molar-refractivity contribution is 0.0165. The normalized spacial score (nSPS) is 20.4. The minimum atomic E-state index is -0.408. The van der Waals surface area contributed by atoms with Gasteiger partial charge in [-0.05, 0) is 58.9 Å². The number of rotatable bonds is 8. The van der Waals surface area contributed by atoms with Crippen LogP contribution < -0.4 is 5.32 Å². The van der Waals surface area contributed by atoms with Gasteiger partial charge in [0.05, 0.1) is 0 Å². The van der Waals surface area contributed by atoms with Crippen LogP contribution in [0.5, 0.6) is 0 Å². The van der Waals surface area contributed by atoms with E-state index >= 15 is 0 Å². The smallest absolute Gasteiger partial charge is 0.410 e. The molecule has 1 amide bonds. The first-order valence-corrected chi connectivity index (χ1v) is 9.57. The molecule has 2 unspecified atom stereocenters. The molecule has 0 spiro atoms. The Hall–Kier alpha value is -0.770. The molecule has 1 aliphatic heterocycles. The third-order valence-corrected chi connectivity index (χ3v) is 4.41. The standard InChI is InChI=1S/C19H38N2O2/c1-6-8-12-17(10-7-2)20-14-16-11-9-13-21(15-16)18(22)23-19(3,4)5/h16-17,20H,6-15H2,1-5H3. The second kappa shape index (κ2) is 10.2. The van der Waals surface area contributed by atoms with Crippen LogP contribution in [0.4, 0.5) is 4.79 Å². The number of piperidine rings is 1. The van der Waals surface area contributed by atoms with Gasteiger partial charge in [-0.25, -0.2) is 4.79 Å². The zero-order chi connectivity index (χ0) is 17.3. The number of likely N-dealkylation sites (tertiary alicyclic amines) is 1. The number of carbonyl (C=O) groups is 1. The van der Waals surface area contributed by atoms with Crippen molar-refractivity contribution < 1.29 is 9.53 Å². The molecule has 1 N–H and O–H groups in total. The van der Waals surface area contributed by atoms with Gasteiger partial charge in [0.25, 0.3) is 0 Å². The molecule has 0 aromatic heterocycles. The van der Waals surface area contributed by atoms with Gasteiger partial charge >= 0.3 is 6.09 Å². The molecule has 23 heavy (non-hydrogen) atoms. The molecule has 1 heterocycles. The van der Waals surface area contributed by atoms with Crippen LogP contribution in [-0.2, 0) is 4.74 Å². The molecule has 2 atom stereocenters. The van der Waals surface area contributed by atoms with Crippen molar-refractivity contribution in [2.45, 2.75) is 91.2 Å². The number of ether oxygens (including phenoxy) is 1. The zero-order valence-corrected chi connectivity index (χ0v) is 16.0. The Kier molecular flexibility index (Phi) is 8.96. The van der Waals surface area contributed by atoms with E-state index in [1.807, 2.05) is 25.7 Å². The summed E-state index contributed by atoms with van der Waals surface area (Å²) in [6.07, 6.45) is 8.45. The van der Waals surface area contributed by atoms with Gasteiger partial charge in [0, 0.05) is 19.1 Å². The van der Waals surface area contributed by atoms with Crippen molar-refractivity contribution in [3.63, 3.8) is 0 Å². The summed E-state index contributed by atoms with van der Waals surface area (Å²) in [5, 5.41) is 3.75. The molecule has 0 radical (unpaired) electrons. The molecule has 1 saturated heterocycles. The predicted octanol–water partition coefficient (Wildman–Crippen LogP) is 4.58. The first kappa shape index (κ1) is 20.3. The second-order valence-electron chi connectivity index (χ2n) is 7.97. The van der Waals surface area contributed by atoms with Gasteiger partial charge in [-0.3, -0.25) is 0 Å². The van der Waals surface area contributed by atoms with Crippen LogP contribution >= 0.6 is 0 Å². The van der Waals surface area contributed by atoms with Crippen molar-refractivity contribution in [2.24, 2.45) is 5.92 Å². The summed E-state index contributed by atoms with van der Waals surface area (Å²) >= 11 is 0. The lowest BCUT2D eigenvalue weighted by atomic mass is 9.97. The summed E-state index contributed by atoms with van der Waals surface area (Å²) in [6, 6.07) is 0.636. The molecule has 0 aliphatic carbocycles. The van der Waals surface area contributed by atoms with Crippen LogP contribution in [0, 0.1) is 5.92 Å². The number of nitrogens with one attached hydrogen (secondary N) is 1. The Morgan fingerprint density at radius 1 is 1.26 bits per heavy atom. The third-order valence-electron chi connectivity index (χ3n) is 4.41. The van der Waals surface area contributed by atoms with Crippen molar-refractivity contribution in [1.82, 2.24) is 10.2 Å². The minimum Gasteiger partial charge on any atom is -0.444 e. The lowest BCUT2D eigenvalue weighted by Gasteiger charge is -2.35. The number of carbonyl (C=O) groups excluding carboxylic acids is 1. The third kappa shape index (κ3) is 8.59. The number of hydrogen-bond donors (Lipinski definition) is 1. The molecule has 0 saturated carbocycles. The highest BCUT2D eigenvalue weighted by Gasteiger charge is 2.27. The maximum absolute atomic E-state index is 12.2. The van der Waals surface area contributed by atoms with Crippen molar-refractivity contribution in [3.8, 4) is 0 Å². The second-order valence-corrected chi connectivity index (χ2v) is 7.97. The Bertz CT molecular complexity index is 339. The van der Waals surface area contributed by atoms with Crippen molar-refractivity contribution in [2.75, 3.05) is 19.6 Å². The van der Waals surface area contributed by atoms with Gasteiger partial charge in [-0.2, -0.15) is 0 Å². The van der Waals surface area contributed by atoms with Gasteiger partial charge in [-0.15, -0.1) is 0 Å².